The fourth-order valence-corrected chi connectivity index (χ4v) is 5.05. The maximum Gasteiger partial charge on any atom is 0.141 e. The number of anilines is 1. The van der Waals surface area contributed by atoms with Gasteiger partial charge in [-0.2, -0.15) is 0 Å². The van der Waals surface area contributed by atoms with E-state index in [1.807, 2.05) is 18.3 Å². The second-order valence-corrected chi connectivity index (χ2v) is 7.47. The average Bonchev–Trinajstić information content (AvgIpc) is 2.68. The predicted octanol–water partition coefficient (Wildman–Crippen LogP) is 4.26. The zero-order valence-electron chi connectivity index (χ0n) is 12.8. The van der Waals surface area contributed by atoms with Gasteiger partial charge in [-0.15, -0.1) is 11.3 Å². The molecule has 1 saturated heterocycles. The van der Waals surface area contributed by atoms with E-state index in [1.165, 1.54) is 67.4 Å². The van der Waals surface area contributed by atoms with Gasteiger partial charge in [0.25, 0.3) is 0 Å². The Hall–Kier alpha value is -1.16. The lowest BCUT2D eigenvalue weighted by Gasteiger charge is -2.23. The van der Waals surface area contributed by atoms with Gasteiger partial charge in [0.1, 0.15) is 16.5 Å². The molecule has 0 amide bonds. The van der Waals surface area contributed by atoms with Crippen LogP contribution in [0.1, 0.15) is 54.8 Å². The number of thiophene rings is 1. The minimum Gasteiger partial charge on any atom is -0.356 e. The van der Waals surface area contributed by atoms with Crippen LogP contribution in [0.4, 0.5) is 5.82 Å². The smallest absolute Gasteiger partial charge is 0.141 e. The molecule has 1 aliphatic carbocycles. The normalized spacial score (nSPS) is 19.6. The third-order valence-electron chi connectivity index (χ3n) is 4.81. The molecule has 0 unspecified atom stereocenters. The van der Waals surface area contributed by atoms with E-state index in [-0.39, 0.29) is 0 Å². The van der Waals surface area contributed by atoms with E-state index >= 15 is 0 Å². The molecule has 0 aromatic carbocycles. The first-order valence-corrected chi connectivity index (χ1v) is 9.18. The lowest BCUT2D eigenvalue weighted by atomic mass is 9.97. The van der Waals surface area contributed by atoms with E-state index in [0.29, 0.717) is 0 Å². The number of rotatable bonds is 1. The number of nitrogens with zero attached hydrogens (tertiary/aromatic N) is 3. The van der Waals surface area contributed by atoms with Crippen molar-refractivity contribution in [3.63, 3.8) is 0 Å². The quantitative estimate of drug-likeness (QED) is 0.788. The van der Waals surface area contributed by atoms with Gasteiger partial charge in [0.2, 0.25) is 0 Å². The van der Waals surface area contributed by atoms with Crippen LogP contribution in [-0.2, 0) is 12.8 Å². The first-order chi connectivity index (χ1) is 10.3. The molecule has 0 N–H and O–H groups in total. The minimum atomic E-state index is 0.931. The topological polar surface area (TPSA) is 29.0 Å². The van der Waals surface area contributed by atoms with Crippen LogP contribution in [-0.4, -0.2) is 23.1 Å². The molecule has 3 heterocycles. The van der Waals surface area contributed by atoms with E-state index in [2.05, 4.69) is 4.90 Å². The number of aromatic nitrogens is 2. The third kappa shape index (κ3) is 2.44. The summed E-state index contributed by atoms with van der Waals surface area (Å²) in [6.45, 7) is 4.37. The van der Waals surface area contributed by atoms with Crippen molar-refractivity contribution in [2.45, 2.75) is 58.3 Å². The average molecular weight is 301 g/mol. The second kappa shape index (κ2) is 5.56. The van der Waals surface area contributed by atoms with E-state index in [4.69, 9.17) is 9.97 Å². The van der Waals surface area contributed by atoms with Crippen LogP contribution in [0.5, 0.6) is 0 Å². The molecule has 1 aliphatic heterocycles. The summed E-state index contributed by atoms with van der Waals surface area (Å²) >= 11 is 1.92. The summed E-state index contributed by atoms with van der Waals surface area (Å²) in [5, 5.41) is 1.39. The molecule has 4 heteroatoms. The van der Waals surface area contributed by atoms with Gasteiger partial charge in [0, 0.05) is 18.0 Å². The SMILES string of the molecule is Cc1nc(N2CCCCCC2)c2c3c(sc2n1)CCCC3. The molecule has 4 rings (SSSR count). The summed E-state index contributed by atoms with van der Waals surface area (Å²) in [5.74, 6) is 2.17. The van der Waals surface area contributed by atoms with Gasteiger partial charge in [-0.05, 0) is 51.0 Å². The maximum atomic E-state index is 4.87. The molecule has 3 nitrogen and oxygen atoms in total. The lowest BCUT2D eigenvalue weighted by Crippen LogP contribution is -2.25. The Balaban J connectivity index is 1.87. The summed E-state index contributed by atoms with van der Waals surface area (Å²) < 4.78 is 0. The highest BCUT2D eigenvalue weighted by Gasteiger charge is 2.23. The predicted molar refractivity (Wildman–Crippen MR) is 89.5 cm³/mol. The minimum absolute atomic E-state index is 0.931. The highest BCUT2D eigenvalue weighted by atomic mass is 32.1. The van der Waals surface area contributed by atoms with Crippen LogP contribution < -0.4 is 4.90 Å². The van der Waals surface area contributed by atoms with E-state index in [1.54, 1.807) is 10.4 Å². The van der Waals surface area contributed by atoms with Gasteiger partial charge in [0.05, 0.1) is 5.39 Å². The molecule has 0 radical (unpaired) electrons. The first-order valence-electron chi connectivity index (χ1n) is 8.37. The van der Waals surface area contributed by atoms with Crippen molar-refractivity contribution in [3.8, 4) is 0 Å². The molecule has 0 atom stereocenters. The molecule has 0 spiro atoms. The fourth-order valence-electron chi connectivity index (χ4n) is 3.75. The Labute approximate surface area is 130 Å². The van der Waals surface area contributed by atoms with Crippen LogP contribution in [0.2, 0.25) is 0 Å². The van der Waals surface area contributed by atoms with Crippen molar-refractivity contribution < 1.29 is 0 Å². The van der Waals surface area contributed by atoms with Crippen molar-refractivity contribution in [1.82, 2.24) is 9.97 Å². The van der Waals surface area contributed by atoms with Crippen LogP contribution in [0.3, 0.4) is 0 Å². The molecule has 2 aliphatic rings. The van der Waals surface area contributed by atoms with Crippen molar-refractivity contribution in [1.29, 1.82) is 0 Å². The summed E-state index contributed by atoms with van der Waals surface area (Å²) in [4.78, 5) is 14.9. The van der Waals surface area contributed by atoms with Gasteiger partial charge in [-0.1, -0.05) is 12.8 Å². The van der Waals surface area contributed by atoms with Gasteiger partial charge in [-0.3, -0.25) is 0 Å². The largest absolute Gasteiger partial charge is 0.356 e. The molecule has 2 aromatic heterocycles. The van der Waals surface area contributed by atoms with Gasteiger partial charge in [-0.25, -0.2) is 9.97 Å². The van der Waals surface area contributed by atoms with Crippen molar-refractivity contribution in [3.05, 3.63) is 16.3 Å². The zero-order chi connectivity index (χ0) is 14.2. The number of fused-ring (bicyclic) bond motifs is 3. The highest BCUT2D eigenvalue weighted by molar-refractivity contribution is 7.19. The van der Waals surface area contributed by atoms with E-state index < -0.39 is 0 Å². The summed E-state index contributed by atoms with van der Waals surface area (Å²) in [6.07, 6.45) is 10.5. The van der Waals surface area contributed by atoms with Crippen LogP contribution >= 0.6 is 11.3 Å². The Bertz CT molecular complexity index is 654. The summed E-state index contributed by atoms with van der Waals surface area (Å²) in [5.41, 5.74) is 1.57. The van der Waals surface area contributed by atoms with Crippen LogP contribution in [0.15, 0.2) is 0 Å². The van der Waals surface area contributed by atoms with Crippen molar-refractivity contribution in [2.75, 3.05) is 18.0 Å². The zero-order valence-corrected chi connectivity index (χ0v) is 13.6. The summed E-state index contributed by atoms with van der Waals surface area (Å²) in [7, 11) is 0. The maximum absolute atomic E-state index is 4.87. The van der Waals surface area contributed by atoms with Gasteiger partial charge < -0.3 is 4.90 Å². The van der Waals surface area contributed by atoms with Gasteiger partial charge >= 0.3 is 0 Å². The summed E-state index contributed by atoms with van der Waals surface area (Å²) in [6, 6.07) is 0. The molecule has 2 aromatic rings. The number of aryl methyl sites for hydroxylation is 3. The van der Waals surface area contributed by atoms with E-state index in [0.717, 1.165) is 18.9 Å². The Kier molecular flexibility index (Phi) is 3.57. The number of hydrogen-bond acceptors (Lipinski definition) is 4. The monoisotopic (exact) mass is 301 g/mol. The number of hydrogen-bond donors (Lipinski definition) is 0. The van der Waals surface area contributed by atoms with Crippen molar-refractivity contribution >= 4 is 27.4 Å². The lowest BCUT2D eigenvalue weighted by molar-refractivity contribution is 0.699. The van der Waals surface area contributed by atoms with Crippen LogP contribution in [0, 0.1) is 6.92 Å². The molecule has 0 saturated carbocycles. The van der Waals surface area contributed by atoms with Crippen LogP contribution in [0.25, 0.3) is 10.2 Å². The van der Waals surface area contributed by atoms with Gasteiger partial charge in [0.15, 0.2) is 0 Å². The van der Waals surface area contributed by atoms with E-state index in [9.17, 15) is 0 Å². The fraction of sp³-hybridized carbons (Fsp3) is 0.647. The Morgan fingerprint density at radius 3 is 2.48 bits per heavy atom. The molecule has 1 fully saturated rings. The van der Waals surface area contributed by atoms with Crippen molar-refractivity contribution in [2.24, 2.45) is 0 Å². The molecule has 112 valence electrons. The molecular formula is C17H23N3S. The molecule has 21 heavy (non-hydrogen) atoms. The molecule has 0 bridgehead atoms. The highest BCUT2D eigenvalue weighted by Crippen LogP contribution is 2.40. The third-order valence-corrected chi connectivity index (χ3v) is 6.00. The Morgan fingerprint density at radius 2 is 1.67 bits per heavy atom. The standard InChI is InChI=1S/C17H23N3S/c1-12-18-16(20-10-6-2-3-7-11-20)15-13-8-4-5-9-14(13)21-17(15)19-12/h2-11H2,1H3. The Morgan fingerprint density at radius 1 is 0.905 bits per heavy atom. The second-order valence-electron chi connectivity index (χ2n) is 6.39. The molecular weight excluding hydrogens is 278 g/mol. The first kappa shape index (κ1) is 13.5.